The molecule has 1 heterocycles. The van der Waals surface area contributed by atoms with Crippen LogP contribution >= 0.6 is 11.6 Å². The molecule has 1 aromatic heterocycles. The van der Waals surface area contributed by atoms with Crippen LogP contribution in [0.5, 0.6) is 0 Å². The maximum atomic E-state index is 12.5. The van der Waals surface area contributed by atoms with Crippen LogP contribution in [-0.2, 0) is 17.8 Å². The number of carbonyl (C=O) groups excluding carboxylic acids is 1. The zero-order chi connectivity index (χ0) is 18.4. The number of rotatable bonds is 7. The van der Waals surface area contributed by atoms with E-state index in [9.17, 15) is 4.79 Å². The lowest BCUT2D eigenvalue weighted by Gasteiger charge is -2.20. The summed E-state index contributed by atoms with van der Waals surface area (Å²) in [5.74, 6) is 1.03. The Morgan fingerprint density at radius 1 is 1.12 bits per heavy atom. The van der Waals surface area contributed by atoms with Crippen LogP contribution in [0.2, 0.25) is 5.02 Å². The third-order valence-corrected chi connectivity index (χ3v) is 4.33. The molecule has 0 atom stereocenters. The van der Waals surface area contributed by atoms with Crippen LogP contribution in [0.3, 0.4) is 0 Å². The average Bonchev–Trinajstić information content (AvgIpc) is 3.14. The highest BCUT2D eigenvalue weighted by Crippen LogP contribution is 2.19. The molecule has 0 spiro atoms. The van der Waals surface area contributed by atoms with E-state index < -0.39 is 0 Å². The molecule has 1 amide bonds. The molecule has 0 aliphatic rings. The first-order chi connectivity index (χ1) is 12.7. The number of aryl methyl sites for hydroxylation is 1. The predicted molar refractivity (Wildman–Crippen MR) is 101 cm³/mol. The van der Waals surface area contributed by atoms with Crippen molar-refractivity contribution in [3.05, 3.63) is 71.1 Å². The molecule has 0 N–H and O–H groups in total. The van der Waals surface area contributed by atoms with Crippen LogP contribution in [0.4, 0.5) is 0 Å². The molecule has 5 nitrogen and oxygen atoms in total. The van der Waals surface area contributed by atoms with Gasteiger partial charge in [-0.1, -0.05) is 47.1 Å². The van der Waals surface area contributed by atoms with Crippen molar-refractivity contribution < 1.29 is 9.32 Å². The molecule has 0 saturated heterocycles. The molecular formula is C20H20ClN3O2. The first-order valence-corrected chi connectivity index (χ1v) is 8.93. The molecule has 134 valence electrons. The molecule has 0 bridgehead atoms. The first-order valence-electron chi connectivity index (χ1n) is 8.56. The van der Waals surface area contributed by atoms with Gasteiger partial charge >= 0.3 is 0 Å². The monoisotopic (exact) mass is 369 g/mol. The summed E-state index contributed by atoms with van der Waals surface area (Å²) in [6.07, 6.45) is 0.758. The number of halogens is 1. The van der Waals surface area contributed by atoms with Gasteiger partial charge < -0.3 is 9.42 Å². The standard InChI is InChI=1S/C20H20ClN3O2/c1-2-24(14-15-6-4-3-5-7-15)19(25)13-12-18-22-20(23-26-18)16-8-10-17(21)11-9-16/h3-11H,2,12-14H2,1H3. The Morgan fingerprint density at radius 2 is 1.85 bits per heavy atom. The second-order valence-corrected chi connectivity index (χ2v) is 6.35. The fourth-order valence-corrected chi connectivity index (χ4v) is 2.75. The van der Waals surface area contributed by atoms with E-state index in [4.69, 9.17) is 16.1 Å². The van der Waals surface area contributed by atoms with E-state index in [2.05, 4.69) is 10.1 Å². The first kappa shape index (κ1) is 18.1. The Balaban J connectivity index is 1.57. The van der Waals surface area contributed by atoms with E-state index in [1.165, 1.54) is 0 Å². The molecule has 0 saturated carbocycles. The van der Waals surface area contributed by atoms with Gasteiger partial charge in [0.25, 0.3) is 0 Å². The van der Waals surface area contributed by atoms with Crippen molar-refractivity contribution in [3.8, 4) is 11.4 Å². The van der Waals surface area contributed by atoms with Gasteiger partial charge in [-0.05, 0) is 36.8 Å². The smallest absolute Gasteiger partial charge is 0.227 e. The van der Waals surface area contributed by atoms with Crippen LogP contribution < -0.4 is 0 Å². The van der Waals surface area contributed by atoms with Gasteiger partial charge in [0.15, 0.2) is 0 Å². The SMILES string of the molecule is CCN(Cc1ccccc1)C(=O)CCc1nc(-c2ccc(Cl)cc2)no1. The third-order valence-electron chi connectivity index (χ3n) is 4.07. The van der Waals surface area contributed by atoms with E-state index in [1.54, 1.807) is 12.1 Å². The van der Waals surface area contributed by atoms with Gasteiger partial charge in [0.05, 0.1) is 0 Å². The van der Waals surface area contributed by atoms with E-state index in [-0.39, 0.29) is 5.91 Å². The Labute approximate surface area is 157 Å². The number of amides is 1. The number of aromatic nitrogens is 2. The fourth-order valence-electron chi connectivity index (χ4n) is 2.62. The lowest BCUT2D eigenvalue weighted by atomic mass is 10.2. The van der Waals surface area contributed by atoms with Crippen LogP contribution in [-0.4, -0.2) is 27.5 Å². The van der Waals surface area contributed by atoms with E-state index >= 15 is 0 Å². The van der Waals surface area contributed by atoms with Crippen molar-refractivity contribution in [2.24, 2.45) is 0 Å². The molecule has 0 unspecified atom stereocenters. The normalized spacial score (nSPS) is 10.7. The number of benzene rings is 2. The van der Waals surface area contributed by atoms with Crippen molar-refractivity contribution >= 4 is 17.5 Å². The van der Waals surface area contributed by atoms with Gasteiger partial charge in [0, 0.05) is 36.5 Å². The third kappa shape index (κ3) is 4.70. The molecule has 6 heteroatoms. The zero-order valence-electron chi connectivity index (χ0n) is 14.6. The van der Waals surface area contributed by atoms with Gasteiger partial charge in [-0.2, -0.15) is 4.98 Å². The molecule has 3 aromatic rings. The Hall–Kier alpha value is -2.66. The van der Waals surface area contributed by atoms with Gasteiger partial charge in [-0.25, -0.2) is 0 Å². The summed E-state index contributed by atoms with van der Waals surface area (Å²) in [5, 5.41) is 4.63. The number of carbonyl (C=O) groups is 1. The van der Waals surface area contributed by atoms with Crippen LogP contribution in [0, 0.1) is 0 Å². The zero-order valence-corrected chi connectivity index (χ0v) is 15.3. The van der Waals surface area contributed by atoms with Crippen molar-refractivity contribution in [2.75, 3.05) is 6.54 Å². The van der Waals surface area contributed by atoms with E-state index in [0.717, 1.165) is 11.1 Å². The molecule has 26 heavy (non-hydrogen) atoms. The van der Waals surface area contributed by atoms with Crippen LogP contribution in [0.25, 0.3) is 11.4 Å². The second-order valence-electron chi connectivity index (χ2n) is 5.91. The highest BCUT2D eigenvalue weighted by molar-refractivity contribution is 6.30. The topological polar surface area (TPSA) is 59.2 Å². The fraction of sp³-hybridized carbons (Fsp3) is 0.250. The Kier molecular flexibility index (Phi) is 6.02. The Morgan fingerprint density at radius 3 is 2.54 bits per heavy atom. The minimum absolute atomic E-state index is 0.0718. The number of hydrogen-bond acceptors (Lipinski definition) is 4. The van der Waals surface area contributed by atoms with Crippen LogP contribution in [0.1, 0.15) is 24.8 Å². The summed E-state index contributed by atoms with van der Waals surface area (Å²) in [6.45, 7) is 3.25. The van der Waals surface area contributed by atoms with Crippen molar-refractivity contribution in [1.82, 2.24) is 15.0 Å². The summed E-state index contributed by atoms with van der Waals surface area (Å²) in [5.41, 5.74) is 1.94. The van der Waals surface area contributed by atoms with Crippen LogP contribution in [0.15, 0.2) is 59.1 Å². The lowest BCUT2D eigenvalue weighted by Crippen LogP contribution is -2.30. The number of nitrogens with zero attached hydrogens (tertiary/aromatic N) is 3. The maximum Gasteiger partial charge on any atom is 0.227 e. The number of hydrogen-bond donors (Lipinski definition) is 0. The van der Waals surface area contributed by atoms with E-state index in [0.29, 0.717) is 42.7 Å². The highest BCUT2D eigenvalue weighted by Gasteiger charge is 2.15. The predicted octanol–water partition coefficient (Wildman–Crippen LogP) is 4.37. The van der Waals surface area contributed by atoms with Crippen molar-refractivity contribution in [2.45, 2.75) is 26.3 Å². The van der Waals surface area contributed by atoms with Gasteiger partial charge in [0.1, 0.15) is 0 Å². The second kappa shape index (κ2) is 8.63. The average molecular weight is 370 g/mol. The summed E-state index contributed by atoms with van der Waals surface area (Å²) < 4.78 is 5.27. The summed E-state index contributed by atoms with van der Waals surface area (Å²) in [4.78, 5) is 18.7. The summed E-state index contributed by atoms with van der Waals surface area (Å²) >= 11 is 5.88. The molecular weight excluding hydrogens is 350 g/mol. The minimum atomic E-state index is 0.0718. The Bertz CT molecular complexity index is 847. The molecule has 0 radical (unpaired) electrons. The summed E-state index contributed by atoms with van der Waals surface area (Å²) in [7, 11) is 0. The quantitative estimate of drug-likeness (QED) is 0.620. The van der Waals surface area contributed by atoms with E-state index in [1.807, 2.05) is 54.3 Å². The van der Waals surface area contributed by atoms with Gasteiger partial charge in [-0.3, -0.25) is 4.79 Å². The lowest BCUT2D eigenvalue weighted by molar-refractivity contribution is -0.131. The molecule has 0 fully saturated rings. The summed E-state index contributed by atoms with van der Waals surface area (Å²) in [6, 6.07) is 17.2. The van der Waals surface area contributed by atoms with Gasteiger partial charge in [-0.15, -0.1) is 0 Å². The molecule has 3 rings (SSSR count). The molecule has 0 aliphatic heterocycles. The largest absolute Gasteiger partial charge is 0.339 e. The van der Waals surface area contributed by atoms with Crippen molar-refractivity contribution in [1.29, 1.82) is 0 Å². The van der Waals surface area contributed by atoms with Gasteiger partial charge in [0.2, 0.25) is 17.6 Å². The van der Waals surface area contributed by atoms with Crippen molar-refractivity contribution in [3.63, 3.8) is 0 Å². The molecule has 2 aromatic carbocycles. The molecule has 0 aliphatic carbocycles. The minimum Gasteiger partial charge on any atom is -0.339 e. The highest BCUT2D eigenvalue weighted by atomic mass is 35.5. The maximum absolute atomic E-state index is 12.5.